The molecular formula is C18H18ClNO. The van der Waals surface area contributed by atoms with Crippen LogP contribution in [-0.2, 0) is 4.74 Å². The summed E-state index contributed by atoms with van der Waals surface area (Å²) in [7, 11) is 0. The van der Waals surface area contributed by atoms with Gasteiger partial charge in [-0.3, -0.25) is 0 Å². The van der Waals surface area contributed by atoms with Crippen molar-refractivity contribution in [3.63, 3.8) is 0 Å². The second-order valence-corrected chi connectivity index (χ2v) is 6.45. The molecule has 0 saturated carbocycles. The molecule has 4 rings (SSSR count). The van der Waals surface area contributed by atoms with Crippen LogP contribution in [0.3, 0.4) is 0 Å². The number of fused-ring (bicyclic) bond motifs is 3. The first-order chi connectivity index (χ1) is 10.2. The Hall–Kier alpha value is -1.51. The Morgan fingerprint density at radius 2 is 2.10 bits per heavy atom. The van der Waals surface area contributed by atoms with Crippen LogP contribution in [0.15, 0.2) is 42.5 Å². The Morgan fingerprint density at radius 3 is 2.95 bits per heavy atom. The highest BCUT2D eigenvalue weighted by molar-refractivity contribution is 6.30. The summed E-state index contributed by atoms with van der Waals surface area (Å²) < 4.78 is 6.05. The molecule has 0 aliphatic carbocycles. The fraction of sp³-hybridized carbons (Fsp3) is 0.333. The van der Waals surface area contributed by atoms with Gasteiger partial charge in [-0.2, -0.15) is 0 Å². The predicted molar refractivity (Wildman–Crippen MR) is 85.8 cm³/mol. The second kappa shape index (κ2) is 5.04. The third kappa shape index (κ3) is 2.23. The average Bonchev–Trinajstić information content (AvgIpc) is 2.96. The Labute approximate surface area is 130 Å². The zero-order valence-corrected chi connectivity index (χ0v) is 12.7. The smallest absolute Gasteiger partial charge is 0.0896 e. The van der Waals surface area contributed by atoms with E-state index in [2.05, 4.69) is 42.6 Å². The van der Waals surface area contributed by atoms with Crippen LogP contribution < -0.4 is 5.32 Å². The Morgan fingerprint density at radius 1 is 1.19 bits per heavy atom. The molecule has 1 fully saturated rings. The van der Waals surface area contributed by atoms with E-state index in [1.807, 2.05) is 12.1 Å². The highest BCUT2D eigenvalue weighted by Gasteiger charge is 2.41. The lowest BCUT2D eigenvalue weighted by Gasteiger charge is -2.36. The molecule has 3 atom stereocenters. The Balaban J connectivity index is 1.79. The van der Waals surface area contributed by atoms with E-state index in [0.29, 0.717) is 5.92 Å². The van der Waals surface area contributed by atoms with Crippen LogP contribution in [-0.4, -0.2) is 6.61 Å². The van der Waals surface area contributed by atoms with E-state index in [0.717, 1.165) is 18.1 Å². The van der Waals surface area contributed by atoms with Gasteiger partial charge in [0.05, 0.1) is 12.1 Å². The molecule has 2 aromatic carbocycles. The Kier molecular flexibility index (Phi) is 3.16. The maximum atomic E-state index is 6.17. The molecule has 1 N–H and O–H groups in total. The molecule has 2 aliphatic heterocycles. The van der Waals surface area contributed by atoms with Crippen LogP contribution in [0.1, 0.15) is 35.3 Å². The van der Waals surface area contributed by atoms with E-state index in [9.17, 15) is 0 Å². The van der Waals surface area contributed by atoms with Crippen molar-refractivity contribution >= 4 is 17.3 Å². The van der Waals surface area contributed by atoms with Gasteiger partial charge < -0.3 is 10.1 Å². The number of hydrogen-bond acceptors (Lipinski definition) is 2. The Bertz CT molecular complexity index is 685. The number of halogens is 1. The van der Waals surface area contributed by atoms with Gasteiger partial charge in [0.25, 0.3) is 0 Å². The molecule has 2 aromatic rings. The number of ether oxygens (including phenoxy) is 1. The molecule has 0 unspecified atom stereocenters. The van der Waals surface area contributed by atoms with Crippen molar-refractivity contribution in [3.8, 4) is 0 Å². The quantitative estimate of drug-likeness (QED) is 0.809. The molecule has 0 amide bonds. The minimum absolute atomic E-state index is 0.199. The van der Waals surface area contributed by atoms with E-state index in [4.69, 9.17) is 16.3 Å². The molecule has 3 heteroatoms. The monoisotopic (exact) mass is 299 g/mol. The van der Waals surface area contributed by atoms with E-state index in [1.54, 1.807) is 0 Å². The zero-order valence-electron chi connectivity index (χ0n) is 12.0. The van der Waals surface area contributed by atoms with Gasteiger partial charge in [0, 0.05) is 28.8 Å². The molecule has 0 aromatic heterocycles. The summed E-state index contributed by atoms with van der Waals surface area (Å²) in [6.45, 7) is 2.97. The minimum atomic E-state index is 0.199. The molecule has 0 radical (unpaired) electrons. The summed E-state index contributed by atoms with van der Waals surface area (Å²) in [5.41, 5.74) is 5.02. The van der Waals surface area contributed by atoms with Crippen LogP contribution in [0.4, 0.5) is 5.69 Å². The molecule has 2 aliphatic rings. The predicted octanol–water partition coefficient (Wildman–Crippen LogP) is 4.89. The topological polar surface area (TPSA) is 21.3 Å². The first kappa shape index (κ1) is 13.2. The lowest BCUT2D eigenvalue weighted by Crippen LogP contribution is -2.29. The van der Waals surface area contributed by atoms with E-state index in [-0.39, 0.29) is 12.1 Å². The van der Waals surface area contributed by atoms with Crippen molar-refractivity contribution in [2.24, 2.45) is 5.92 Å². The molecule has 0 bridgehead atoms. The van der Waals surface area contributed by atoms with Gasteiger partial charge >= 0.3 is 0 Å². The fourth-order valence-corrected chi connectivity index (χ4v) is 3.82. The average molecular weight is 300 g/mol. The number of nitrogens with one attached hydrogen (secondary N) is 1. The minimum Gasteiger partial charge on any atom is -0.378 e. The third-order valence-corrected chi connectivity index (χ3v) is 4.83. The summed E-state index contributed by atoms with van der Waals surface area (Å²) >= 11 is 6.17. The van der Waals surface area contributed by atoms with Crippen molar-refractivity contribution in [3.05, 3.63) is 64.2 Å². The van der Waals surface area contributed by atoms with Crippen LogP contribution >= 0.6 is 11.6 Å². The highest BCUT2D eigenvalue weighted by atomic mass is 35.5. The van der Waals surface area contributed by atoms with Gasteiger partial charge in [0.15, 0.2) is 0 Å². The lowest BCUT2D eigenvalue weighted by molar-refractivity contribution is 0.0829. The van der Waals surface area contributed by atoms with Gasteiger partial charge in [0.2, 0.25) is 0 Å². The zero-order chi connectivity index (χ0) is 14.4. The number of anilines is 1. The summed E-state index contributed by atoms with van der Waals surface area (Å²) in [6, 6.07) is 15.0. The maximum absolute atomic E-state index is 6.17. The first-order valence-electron chi connectivity index (χ1n) is 7.46. The SMILES string of the molecule is Cc1ccc2c(c1)[C@@H]1OCC[C@@H]1[C@@H](c1cccc(Cl)c1)N2. The van der Waals surface area contributed by atoms with Crippen LogP contribution in [0.25, 0.3) is 0 Å². The molecule has 0 spiro atoms. The molecule has 108 valence electrons. The maximum Gasteiger partial charge on any atom is 0.0896 e. The first-order valence-corrected chi connectivity index (χ1v) is 7.84. The number of benzene rings is 2. The van der Waals surface area contributed by atoms with Crippen molar-refractivity contribution < 1.29 is 4.74 Å². The van der Waals surface area contributed by atoms with Gasteiger partial charge in [-0.1, -0.05) is 41.4 Å². The van der Waals surface area contributed by atoms with Crippen molar-refractivity contribution in [1.29, 1.82) is 0 Å². The van der Waals surface area contributed by atoms with Crippen LogP contribution in [0.5, 0.6) is 0 Å². The molecular weight excluding hydrogens is 282 g/mol. The second-order valence-electron chi connectivity index (χ2n) is 6.01. The van der Waals surface area contributed by atoms with E-state index < -0.39 is 0 Å². The van der Waals surface area contributed by atoms with Gasteiger partial charge in [-0.25, -0.2) is 0 Å². The standard InChI is InChI=1S/C18H18ClNO/c1-11-5-6-16-15(9-11)18-14(7-8-21-18)17(20-16)12-3-2-4-13(19)10-12/h2-6,9-10,14,17-18,20H,7-8H2,1H3/t14-,17-,18-/m1/s1. The van der Waals surface area contributed by atoms with Gasteiger partial charge in [0.1, 0.15) is 0 Å². The number of hydrogen-bond donors (Lipinski definition) is 1. The van der Waals surface area contributed by atoms with Crippen molar-refractivity contribution in [2.75, 3.05) is 11.9 Å². The fourth-order valence-electron chi connectivity index (χ4n) is 3.62. The van der Waals surface area contributed by atoms with E-state index in [1.165, 1.54) is 22.4 Å². The number of rotatable bonds is 1. The summed E-state index contributed by atoms with van der Waals surface area (Å²) in [5.74, 6) is 0.470. The normalized spacial score (nSPS) is 26.9. The largest absolute Gasteiger partial charge is 0.378 e. The highest BCUT2D eigenvalue weighted by Crippen LogP contribution is 2.50. The summed E-state index contributed by atoms with van der Waals surface area (Å²) in [4.78, 5) is 0. The van der Waals surface area contributed by atoms with Crippen molar-refractivity contribution in [1.82, 2.24) is 0 Å². The van der Waals surface area contributed by atoms with Crippen LogP contribution in [0, 0.1) is 12.8 Å². The number of aryl methyl sites for hydroxylation is 1. The van der Waals surface area contributed by atoms with E-state index >= 15 is 0 Å². The lowest BCUT2D eigenvalue weighted by atomic mass is 9.80. The van der Waals surface area contributed by atoms with Crippen molar-refractivity contribution in [2.45, 2.75) is 25.5 Å². The van der Waals surface area contributed by atoms with Gasteiger partial charge in [-0.05, 0) is 37.1 Å². The summed E-state index contributed by atoms with van der Waals surface area (Å²) in [6.07, 6.45) is 1.28. The van der Waals surface area contributed by atoms with Gasteiger partial charge in [-0.15, -0.1) is 0 Å². The molecule has 2 heterocycles. The summed E-state index contributed by atoms with van der Waals surface area (Å²) in [5, 5.41) is 4.49. The van der Waals surface area contributed by atoms with Crippen LogP contribution in [0.2, 0.25) is 5.02 Å². The molecule has 2 nitrogen and oxygen atoms in total. The molecule has 21 heavy (non-hydrogen) atoms. The molecule has 1 saturated heterocycles. The third-order valence-electron chi connectivity index (χ3n) is 4.60.